The van der Waals surface area contributed by atoms with E-state index in [0.29, 0.717) is 19.4 Å². The quantitative estimate of drug-likeness (QED) is 0.591. The van der Waals surface area contributed by atoms with E-state index in [1.807, 2.05) is 43.3 Å². The van der Waals surface area contributed by atoms with Crippen LogP contribution in [0.2, 0.25) is 0 Å². The zero-order valence-electron chi connectivity index (χ0n) is 20.0. The van der Waals surface area contributed by atoms with Crippen molar-refractivity contribution in [3.8, 4) is 23.0 Å². The number of rotatable bonds is 7. The van der Waals surface area contributed by atoms with E-state index >= 15 is 0 Å². The second-order valence-electron chi connectivity index (χ2n) is 9.10. The lowest BCUT2D eigenvalue weighted by molar-refractivity contribution is -0.148. The van der Waals surface area contributed by atoms with Gasteiger partial charge in [0.2, 0.25) is 5.91 Å². The molecule has 2 atom stereocenters. The number of benzene rings is 2. The van der Waals surface area contributed by atoms with Crippen molar-refractivity contribution in [3.05, 3.63) is 59.7 Å². The maximum Gasteiger partial charge on any atom is 0.407 e. The fourth-order valence-electron chi connectivity index (χ4n) is 5.08. The number of hydrogen-bond acceptors (Lipinski definition) is 4. The number of likely N-dealkylation sites (tertiary alicyclic amines) is 1. The van der Waals surface area contributed by atoms with Crippen LogP contribution in [0, 0.1) is 17.3 Å². The van der Waals surface area contributed by atoms with Crippen LogP contribution in [0.3, 0.4) is 0 Å². The van der Waals surface area contributed by atoms with E-state index in [1.165, 1.54) is 4.90 Å². The number of carboxylic acids is 1. The molecule has 4 rings (SSSR count). The van der Waals surface area contributed by atoms with Crippen molar-refractivity contribution in [3.63, 3.8) is 0 Å². The molecule has 1 fully saturated rings. The fourth-order valence-corrected chi connectivity index (χ4v) is 5.08. The van der Waals surface area contributed by atoms with Crippen LogP contribution in [0.5, 0.6) is 0 Å². The normalized spacial score (nSPS) is 19.2. The van der Waals surface area contributed by atoms with Gasteiger partial charge in [0, 0.05) is 25.4 Å². The summed E-state index contributed by atoms with van der Waals surface area (Å²) in [6, 6.07) is 15.2. The van der Waals surface area contributed by atoms with E-state index < -0.39 is 23.5 Å². The molecule has 2 aromatic carbocycles. The first-order valence-corrected chi connectivity index (χ1v) is 11.9. The number of hydrogen-bond donors (Lipinski definition) is 2. The highest BCUT2D eigenvalue weighted by atomic mass is 16.5. The van der Waals surface area contributed by atoms with Crippen molar-refractivity contribution in [1.29, 1.82) is 0 Å². The van der Waals surface area contributed by atoms with Crippen molar-refractivity contribution in [1.82, 2.24) is 10.2 Å². The molecule has 2 N–H and O–H groups in total. The number of nitrogens with zero attached hydrogens (tertiary/aromatic N) is 1. The van der Waals surface area contributed by atoms with Crippen LogP contribution in [0.15, 0.2) is 48.5 Å². The largest absolute Gasteiger partial charge is 0.481 e. The summed E-state index contributed by atoms with van der Waals surface area (Å²) in [4.78, 5) is 39.3. The van der Waals surface area contributed by atoms with E-state index in [4.69, 9.17) is 4.74 Å². The predicted molar refractivity (Wildman–Crippen MR) is 132 cm³/mol. The van der Waals surface area contributed by atoms with Gasteiger partial charge in [-0.15, -0.1) is 11.8 Å². The van der Waals surface area contributed by atoms with E-state index in [2.05, 4.69) is 29.3 Å². The summed E-state index contributed by atoms with van der Waals surface area (Å²) in [7, 11) is 0. The number of nitrogens with one attached hydrogen (secondary N) is 1. The van der Waals surface area contributed by atoms with Gasteiger partial charge in [-0.2, -0.15) is 0 Å². The van der Waals surface area contributed by atoms with Gasteiger partial charge in [0.1, 0.15) is 12.6 Å². The first-order chi connectivity index (χ1) is 16.9. The molecule has 0 spiro atoms. The number of alkyl carbamates (subject to hydrolysis) is 1. The molecular formula is C28H30N2O5. The van der Waals surface area contributed by atoms with Gasteiger partial charge in [0.05, 0.1) is 5.41 Å². The first kappa shape index (κ1) is 24.3. The highest BCUT2D eigenvalue weighted by Crippen LogP contribution is 2.44. The fraction of sp³-hybridized carbons (Fsp3) is 0.393. The van der Waals surface area contributed by atoms with E-state index in [-0.39, 0.29) is 31.4 Å². The number of fused-ring (bicyclic) bond motifs is 3. The van der Waals surface area contributed by atoms with Crippen LogP contribution in [-0.2, 0) is 14.3 Å². The summed E-state index contributed by atoms with van der Waals surface area (Å²) in [5.41, 5.74) is 3.53. The van der Waals surface area contributed by atoms with Gasteiger partial charge >= 0.3 is 12.1 Å². The average Bonchev–Trinajstić information content (AvgIpc) is 3.46. The Morgan fingerprint density at radius 3 is 2.31 bits per heavy atom. The SMILES string of the molecule is CC#CCC(NC(=O)OCC1c2ccccc2-c2ccccc21)C(=O)N1CCC(CC)(C(=O)O)C1. The van der Waals surface area contributed by atoms with Gasteiger partial charge in [0.15, 0.2) is 0 Å². The number of ether oxygens (including phenoxy) is 1. The maximum atomic E-state index is 13.2. The zero-order chi connectivity index (χ0) is 25.0. The number of carboxylic acid groups (broad SMARTS) is 1. The number of amides is 2. The Kier molecular flexibility index (Phi) is 7.11. The molecule has 0 saturated carbocycles. The molecule has 7 heteroatoms. The van der Waals surface area contributed by atoms with Crippen LogP contribution in [0.25, 0.3) is 11.1 Å². The van der Waals surface area contributed by atoms with Crippen molar-refractivity contribution in [2.24, 2.45) is 5.41 Å². The predicted octanol–water partition coefficient (Wildman–Crippen LogP) is 4.02. The third-order valence-electron chi connectivity index (χ3n) is 7.21. The summed E-state index contributed by atoms with van der Waals surface area (Å²) < 4.78 is 5.60. The summed E-state index contributed by atoms with van der Waals surface area (Å²) in [6.45, 7) is 4.08. The standard InChI is InChI=1S/C28H30N2O5/c1-3-5-14-24(25(31)30-16-15-28(4-2,18-30)26(32)33)29-27(34)35-17-23-21-12-8-6-10-19(21)20-11-7-9-13-22(20)23/h6-13,23-24H,4,14-18H2,1-2H3,(H,29,34)(H,32,33). The minimum absolute atomic E-state index is 0.0861. The summed E-state index contributed by atoms with van der Waals surface area (Å²) in [6.07, 6.45) is 0.261. The molecule has 0 radical (unpaired) electrons. The van der Waals surface area contributed by atoms with E-state index in [0.717, 1.165) is 22.3 Å². The number of aliphatic carboxylic acids is 1. The minimum Gasteiger partial charge on any atom is -0.481 e. The molecule has 2 amide bonds. The van der Waals surface area contributed by atoms with Crippen LogP contribution in [0.1, 0.15) is 50.2 Å². The molecular weight excluding hydrogens is 444 g/mol. The van der Waals surface area contributed by atoms with Gasteiger partial charge in [-0.05, 0) is 42.0 Å². The van der Waals surface area contributed by atoms with Crippen molar-refractivity contribution >= 4 is 18.0 Å². The Hall–Kier alpha value is -3.79. The van der Waals surface area contributed by atoms with Crippen LogP contribution >= 0.6 is 0 Å². The summed E-state index contributed by atoms with van der Waals surface area (Å²) in [5, 5.41) is 12.3. The van der Waals surface area contributed by atoms with Crippen LogP contribution in [0.4, 0.5) is 4.79 Å². The molecule has 1 heterocycles. The first-order valence-electron chi connectivity index (χ1n) is 11.9. The Bertz CT molecular complexity index is 1150. The second-order valence-corrected chi connectivity index (χ2v) is 9.10. The van der Waals surface area contributed by atoms with Gasteiger partial charge in [-0.3, -0.25) is 9.59 Å². The smallest absolute Gasteiger partial charge is 0.407 e. The van der Waals surface area contributed by atoms with Crippen molar-refractivity contribution in [2.45, 2.75) is 45.1 Å². The Balaban J connectivity index is 1.43. The summed E-state index contributed by atoms with van der Waals surface area (Å²) >= 11 is 0. The minimum atomic E-state index is -0.944. The van der Waals surface area contributed by atoms with E-state index in [1.54, 1.807) is 6.92 Å². The molecule has 182 valence electrons. The third kappa shape index (κ3) is 4.74. The van der Waals surface area contributed by atoms with Gasteiger partial charge < -0.3 is 20.1 Å². The molecule has 0 bridgehead atoms. The lowest BCUT2D eigenvalue weighted by Crippen LogP contribution is -2.49. The zero-order valence-corrected chi connectivity index (χ0v) is 20.0. The topological polar surface area (TPSA) is 95.9 Å². The molecule has 1 saturated heterocycles. The van der Waals surface area contributed by atoms with Crippen molar-refractivity contribution in [2.75, 3.05) is 19.7 Å². The second kappa shape index (κ2) is 10.2. The van der Waals surface area contributed by atoms with Crippen LogP contribution in [-0.4, -0.2) is 53.7 Å². The highest BCUT2D eigenvalue weighted by Gasteiger charge is 2.46. The molecule has 2 aromatic rings. The Morgan fingerprint density at radius 1 is 1.14 bits per heavy atom. The molecule has 35 heavy (non-hydrogen) atoms. The molecule has 1 aliphatic heterocycles. The average molecular weight is 475 g/mol. The molecule has 2 aliphatic rings. The van der Waals surface area contributed by atoms with Gasteiger partial charge in [0.25, 0.3) is 0 Å². The summed E-state index contributed by atoms with van der Waals surface area (Å²) in [5.74, 6) is 4.29. The molecule has 1 aliphatic carbocycles. The molecule has 2 unspecified atom stereocenters. The van der Waals surface area contributed by atoms with Crippen molar-refractivity contribution < 1.29 is 24.2 Å². The molecule has 7 nitrogen and oxygen atoms in total. The number of carbonyl (C=O) groups excluding carboxylic acids is 2. The Labute approximate surface area is 205 Å². The van der Waals surface area contributed by atoms with Crippen LogP contribution < -0.4 is 5.32 Å². The maximum absolute atomic E-state index is 13.2. The third-order valence-corrected chi connectivity index (χ3v) is 7.21. The number of carbonyl (C=O) groups is 3. The van der Waals surface area contributed by atoms with Gasteiger partial charge in [-0.25, -0.2) is 4.79 Å². The lowest BCUT2D eigenvalue weighted by Gasteiger charge is -2.26. The monoisotopic (exact) mass is 474 g/mol. The van der Waals surface area contributed by atoms with E-state index in [9.17, 15) is 19.5 Å². The highest BCUT2D eigenvalue weighted by molar-refractivity contribution is 5.87. The molecule has 0 aromatic heterocycles. The van der Waals surface area contributed by atoms with Gasteiger partial charge in [-0.1, -0.05) is 55.5 Å². The Morgan fingerprint density at radius 2 is 1.77 bits per heavy atom. The lowest BCUT2D eigenvalue weighted by atomic mass is 9.84.